The summed E-state index contributed by atoms with van der Waals surface area (Å²) in [7, 11) is -5.83. The molecule has 4 unspecified atom stereocenters. The van der Waals surface area contributed by atoms with Crippen molar-refractivity contribution in [1.29, 1.82) is 5.26 Å². The zero-order chi connectivity index (χ0) is 19.3. The summed E-state index contributed by atoms with van der Waals surface area (Å²) in [5.74, 6) is 0.517. The summed E-state index contributed by atoms with van der Waals surface area (Å²) in [6.07, 6.45) is 4.07. The quantitative estimate of drug-likeness (QED) is 0.373. The largest absolute Gasteiger partial charge is 0.536 e. The maximum Gasteiger partial charge on any atom is 0.536 e. The van der Waals surface area contributed by atoms with Crippen LogP contribution in [0.4, 0.5) is 13.2 Å². The molecule has 2 fully saturated rings. The third-order valence-corrected chi connectivity index (χ3v) is 7.41. The topological polar surface area (TPSA) is 79.5 Å². The number of nitriles is 1. The third-order valence-electron chi connectivity index (χ3n) is 6.57. The number of nitrogens with zero attached hydrogens (tertiary/aromatic N) is 2. The van der Waals surface area contributed by atoms with Gasteiger partial charge in [-0.2, -0.15) is 26.9 Å². The highest BCUT2D eigenvalue weighted by Crippen LogP contribution is 2.91. The Bertz CT molecular complexity index is 728. The van der Waals surface area contributed by atoms with Crippen LogP contribution in [0.25, 0.3) is 0 Å². The Morgan fingerprint density at radius 2 is 1.96 bits per heavy atom. The van der Waals surface area contributed by atoms with Crippen LogP contribution in [0.15, 0.2) is 5.16 Å². The van der Waals surface area contributed by atoms with E-state index in [1.165, 1.54) is 0 Å². The molecule has 0 N–H and O–H groups in total. The minimum atomic E-state index is -5.83. The standard InChI is InChI=1S/C16H23F3N2O3S/c1-5-11(3)14(6-2)10-15(14)9-13(15,4)7-12(8-20)21-24-25(22,23)16(17,18)19/h11H,5-7,9-10H2,1-4H3/b21-12-. The molecular formula is C16H23F3N2O3S. The summed E-state index contributed by atoms with van der Waals surface area (Å²) >= 11 is 0. The minimum Gasteiger partial charge on any atom is -0.261 e. The van der Waals surface area contributed by atoms with E-state index in [-0.39, 0.29) is 28.4 Å². The summed E-state index contributed by atoms with van der Waals surface area (Å²) in [5.41, 5.74) is -5.88. The van der Waals surface area contributed by atoms with Crippen molar-refractivity contribution in [1.82, 2.24) is 0 Å². The Hall–Kier alpha value is -1.30. The fraction of sp³-hybridized carbons (Fsp3) is 0.875. The van der Waals surface area contributed by atoms with Crippen LogP contribution in [-0.4, -0.2) is 19.6 Å². The molecule has 5 nitrogen and oxygen atoms in total. The van der Waals surface area contributed by atoms with Gasteiger partial charge in [0.25, 0.3) is 0 Å². The van der Waals surface area contributed by atoms with Gasteiger partial charge in [-0.25, -0.2) is 0 Å². The van der Waals surface area contributed by atoms with E-state index < -0.39 is 15.6 Å². The first-order valence-electron chi connectivity index (χ1n) is 8.31. The molecule has 9 heteroatoms. The average molecular weight is 380 g/mol. The predicted octanol–water partition coefficient (Wildman–Crippen LogP) is 4.36. The van der Waals surface area contributed by atoms with Crippen molar-refractivity contribution in [2.75, 3.05) is 0 Å². The van der Waals surface area contributed by atoms with Crippen molar-refractivity contribution in [3.63, 3.8) is 0 Å². The molecule has 2 rings (SSSR count). The number of oxime groups is 1. The van der Waals surface area contributed by atoms with Gasteiger partial charge >= 0.3 is 15.6 Å². The molecule has 1 spiro atoms. The summed E-state index contributed by atoms with van der Waals surface area (Å²) in [4.78, 5) is 0. The van der Waals surface area contributed by atoms with E-state index in [9.17, 15) is 21.6 Å². The molecule has 0 radical (unpaired) electrons. The molecule has 0 heterocycles. The first-order chi connectivity index (χ1) is 11.3. The number of rotatable bonds is 7. The van der Waals surface area contributed by atoms with Gasteiger partial charge in [0.15, 0.2) is 5.71 Å². The molecule has 0 aromatic carbocycles. The smallest absolute Gasteiger partial charge is 0.261 e. The molecule has 0 bridgehead atoms. The third kappa shape index (κ3) is 2.92. The molecular weight excluding hydrogens is 357 g/mol. The molecule has 0 aromatic heterocycles. The van der Waals surface area contributed by atoms with Gasteiger partial charge in [-0.15, -0.1) is 0 Å². The monoisotopic (exact) mass is 380 g/mol. The van der Waals surface area contributed by atoms with Gasteiger partial charge in [0.2, 0.25) is 0 Å². The molecule has 0 amide bonds. The highest BCUT2D eigenvalue weighted by atomic mass is 32.2. The Labute approximate surface area is 146 Å². The van der Waals surface area contributed by atoms with E-state index in [0.717, 1.165) is 25.7 Å². The number of halogens is 3. The van der Waals surface area contributed by atoms with Gasteiger partial charge in [0.1, 0.15) is 6.07 Å². The summed E-state index contributed by atoms with van der Waals surface area (Å²) < 4.78 is 62.3. The van der Waals surface area contributed by atoms with Crippen molar-refractivity contribution < 1.29 is 25.9 Å². The molecule has 2 saturated carbocycles. The van der Waals surface area contributed by atoms with Gasteiger partial charge in [0, 0.05) is 6.42 Å². The van der Waals surface area contributed by atoms with Crippen LogP contribution >= 0.6 is 0 Å². The van der Waals surface area contributed by atoms with Crippen molar-refractivity contribution in [2.45, 2.75) is 65.3 Å². The zero-order valence-electron chi connectivity index (χ0n) is 14.8. The molecule has 142 valence electrons. The van der Waals surface area contributed by atoms with E-state index in [2.05, 4.69) is 30.2 Å². The second kappa shape index (κ2) is 5.86. The lowest BCUT2D eigenvalue weighted by molar-refractivity contribution is -0.0540. The summed E-state index contributed by atoms with van der Waals surface area (Å²) in [5, 5.41) is 12.1. The number of hydrogen-bond donors (Lipinski definition) is 0. The molecule has 25 heavy (non-hydrogen) atoms. The molecule has 2 aliphatic carbocycles. The van der Waals surface area contributed by atoms with E-state index in [0.29, 0.717) is 5.92 Å². The van der Waals surface area contributed by atoms with E-state index in [1.807, 2.05) is 6.92 Å². The second-order valence-corrected chi connectivity index (χ2v) is 9.14. The fourth-order valence-corrected chi connectivity index (χ4v) is 5.12. The summed E-state index contributed by atoms with van der Waals surface area (Å²) in [6.45, 7) is 8.46. The van der Waals surface area contributed by atoms with Crippen LogP contribution < -0.4 is 0 Å². The van der Waals surface area contributed by atoms with Crippen molar-refractivity contribution >= 4 is 15.8 Å². The predicted molar refractivity (Wildman–Crippen MR) is 85.7 cm³/mol. The zero-order valence-corrected chi connectivity index (χ0v) is 15.6. The number of hydrogen-bond acceptors (Lipinski definition) is 5. The fourth-order valence-electron chi connectivity index (χ4n) is 4.85. The van der Waals surface area contributed by atoms with Gasteiger partial charge in [-0.1, -0.05) is 39.3 Å². The van der Waals surface area contributed by atoms with Crippen LogP contribution in [-0.2, 0) is 14.4 Å². The van der Waals surface area contributed by atoms with E-state index in [4.69, 9.17) is 5.26 Å². The van der Waals surface area contributed by atoms with Gasteiger partial charge in [-0.05, 0) is 41.4 Å². The van der Waals surface area contributed by atoms with Gasteiger partial charge < -0.3 is 0 Å². The normalized spacial score (nSPS) is 36.0. The van der Waals surface area contributed by atoms with Gasteiger partial charge in [-0.3, -0.25) is 4.28 Å². The molecule has 0 aliphatic heterocycles. The lowest BCUT2D eigenvalue weighted by Gasteiger charge is -2.24. The van der Waals surface area contributed by atoms with Crippen LogP contribution in [0, 0.1) is 33.5 Å². The molecule has 0 saturated heterocycles. The number of alkyl halides is 3. The van der Waals surface area contributed by atoms with Crippen molar-refractivity contribution in [3.8, 4) is 6.07 Å². The van der Waals surface area contributed by atoms with Gasteiger partial charge in [0.05, 0.1) is 0 Å². The Morgan fingerprint density at radius 1 is 1.36 bits per heavy atom. The van der Waals surface area contributed by atoms with E-state index in [1.54, 1.807) is 6.07 Å². The van der Waals surface area contributed by atoms with E-state index >= 15 is 0 Å². The van der Waals surface area contributed by atoms with Crippen LogP contribution in [0.3, 0.4) is 0 Å². The maximum absolute atomic E-state index is 12.3. The Morgan fingerprint density at radius 3 is 2.40 bits per heavy atom. The molecule has 2 aliphatic rings. The summed E-state index contributed by atoms with van der Waals surface area (Å²) in [6, 6.07) is 1.67. The van der Waals surface area contributed by atoms with Crippen molar-refractivity contribution in [3.05, 3.63) is 0 Å². The van der Waals surface area contributed by atoms with Crippen molar-refractivity contribution in [2.24, 2.45) is 27.3 Å². The first kappa shape index (κ1) is 20.0. The highest BCUT2D eigenvalue weighted by molar-refractivity contribution is 7.87. The SMILES string of the molecule is CCC(C)C1(CC)CC12CC2(C)C/C(C#N)=N/OS(=O)(=O)C(F)(F)F. The van der Waals surface area contributed by atoms with Crippen LogP contribution in [0.2, 0.25) is 0 Å². The molecule has 4 atom stereocenters. The maximum atomic E-state index is 12.3. The van der Waals surface area contributed by atoms with Crippen LogP contribution in [0.5, 0.6) is 0 Å². The minimum absolute atomic E-state index is 0.0741. The average Bonchev–Trinajstić information content (AvgIpc) is 3.36. The lowest BCUT2D eigenvalue weighted by atomic mass is 9.80. The highest BCUT2D eigenvalue weighted by Gasteiger charge is 2.84. The Balaban J connectivity index is 2.12. The Kier molecular flexibility index (Phi) is 4.69. The van der Waals surface area contributed by atoms with Crippen LogP contribution in [0.1, 0.15) is 59.8 Å². The molecule has 0 aromatic rings. The second-order valence-electron chi connectivity index (χ2n) is 7.62. The first-order valence-corrected chi connectivity index (χ1v) is 9.72. The lowest BCUT2D eigenvalue weighted by Crippen LogP contribution is -2.24.